The largest absolute Gasteiger partial charge is 0.497 e. The second kappa shape index (κ2) is 10.4. The molecule has 0 radical (unpaired) electrons. The maximum absolute atomic E-state index is 13.7. The summed E-state index contributed by atoms with van der Waals surface area (Å²) in [6.45, 7) is 11.6. The van der Waals surface area contributed by atoms with Gasteiger partial charge in [0.1, 0.15) is 17.2 Å². The number of piperazine rings is 1. The third-order valence-electron chi connectivity index (χ3n) is 6.85. The predicted molar refractivity (Wildman–Crippen MR) is 149 cm³/mol. The van der Waals surface area contributed by atoms with Crippen LogP contribution in [0.2, 0.25) is 0 Å². The molecule has 1 saturated heterocycles. The number of rotatable bonds is 6. The van der Waals surface area contributed by atoms with Crippen molar-refractivity contribution >= 4 is 17.2 Å². The molecule has 1 aliphatic rings. The second-order valence-electron chi connectivity index (χ2n) is 10.5. The number of methoxy groups -OCH3 is 1. The SMILES string of the molecule is CCOc1ccccc1N1CCN(C(=O)c2cc(-c3cccc(OC)c3)n3nc(C(C)(C)C)cc3n2)CC1. The van der Waals surface area contributed by atoms with Gasteiger partial charge in [0.05, 0.1) is 30.8 Å². The van der Waals surface area contributed by atoms with E-state index in [4.69, 9.17) is 19.6 Å². The molecular weight excluding hydrogens is 478 g/mol. The van der Waals surface area contributed by atoms with Crippen LogP contribution in [-0.4, -0.2) is 65.3 Å². The zero-order chi connectivity index (χ0) is 26.9. The number of nitrogens with zero attached hydrogens (tertiary/aromatic N) is 5. The van der Waals surface area contributed by atoms with E-state index in [1.54, 1.807) is 7.11 Å². The quantitative estimate of drug-likeness (QED) is 0.359. The first-order chi connectivity index (χ1) is 18.3. The summed E-state index contributed by atoms with van der Waals surface area (Å²) in [4.78, 5) is 22.7. The molecule has 1 aliphatic heterocycles. The number of benzene rings is 2. The maximum atomic E-state index is 13.7. The van der Waals surface area contributed by atoms with Crippen molar-refractivity contribution in [1.82, 2.24) is 19.5 Å². The summed E-state index contributed by atoms with van der Waals surface area (Å²) in [6, 6.07) is 19.7. The minimum absolute atomic E-state index is 0.0760. The summed E-state index contributed by atoms with van der Waals surface area (Å²) in [6.07, 6.45) is 0. The third-order valence-corrected chi connectivity index (χ3v) is 6.85. The van der Waals surface area contributed by atoms with E-state index in [9.17, 15) is 4.79 Å². The Morgan fingerprint density at radius 3 is 2.45 bits per heavy atom. The number of hydrogen-bond acceptors (Lipinski definition) is 6. The molecule has 5 rings (SSSR count). The zero-order valence-electron chi connectivity index (χ0n) is 22.8. The Labute approximate surface area is 223 Å². The van der Waals surface area contributed by atoms with E-state index in [2.05, 4.69) is 31.7 Å². The molecule has 0 atom stereocenters. The van der Waals surface area contributed by atoms with Gasteiger partial charge in [0.2, 0.25) is 0 Å². The van der Waals surface area contributed by atoms with Crippen molar-refractivity contribution in [2.45, 2.75) is 33.1 Å². The lowest BCUT2D eigenvalue weighted by Gasteiger charge is -2.36. The van der Waals surface area contributed by atoms with Crippen molar-refractivity contribution in [3.8, 4) is 22.8 Å². The average molecular weight is 514 g/mol. The first-order valence-electron chi connectivity index (χ1n) is 13.1. The molecule has 0 unspecified atom stereocenters. The zero-order valence-corrected chi connectivity index (χ0v) is 22.8. The molecule has 4 aromatic rings. The van der Waals surface area contributed by atoms with Crippen molar-refractivity contribution in [2.24, 2.45) is 0 Å². The number of fused-ring (bicyclic) bond motifs is 1. The van der Waals surface area contributed by atoms with Gasteiger partial charge in [-0.2, -0.15) is 5.10 Å². The molecule has 0 saturated carbocycles. The van der Waals surface area contributed by atoms with Crippen LogP contribution in [0.3, 0.4) is 0 Å². The van der Waals surface area contributed by atoms with Gasteiger partial charge in [-0.1, -0.05) is 45.0 Å². The summed E-state index contributed by atoms with van der Waals surface area (Å²) < 4.78 is 13.1. The number of anilines is 1. The van der Waals surface area contributed by atoms with Crippen LogP contribution >= 0.6 is 0 Å². The number of ether oxygens (including phenoxy) is 2. The van der Waals surface area contributed by atoms with Gasteiger partial charge in [0.25, 0.3) is 5.91 Å². The highest BCUT2D eigenvalue weighted by atomic mass is 16.5. The van der Waals surface area contributed by atoms with Gasteiger partial charge < -0.3 is 19.3 Å². The van der Waals surface area contributed by atoms with Crippen LogP contribution in [0.1, 0.15) is 43.9 Å². The van der Waals surface area contributed by atoms with E-state index in [1.165, 1.54) is 0 Å². The van der Waals surface area contributed by atoms with Crippen molar-refractivity contribution in [3.63, 3.8) is 0 Å². The smallest absolute Gasteiger partial charge is 0.272 e. The molecule has 198 valence electrons. The lowest BCUT2D eigenvalue weighted by molar-refractivity contribution is 0.0741. The molecule has 1 amide bonds. The molecule has 2 aromatic heterocycles. The Balaban J connectivity index is 1.46. The minimum atomic E-state index is -0.155. The Morgan fingerprint density at radius 2 is 1.74 bits per heavy atom. The monoisotopic (exact) mass is 513 g/mol. The number of aromatic nitrogens is 3. The van der Waals surface area contributed by atoms with Gasteiger partial charge in [0, 0.05) is 43.2 Å². The number of carbonyl (C=O) groups excluding carboxylic acids is 1. The Hall–Kier alpha value is -4.07. The van der Waals surface area contributed by atoms with E-state index in [0.717, 1.165) is 47.2 Å². The van der Waals surface area contributed by atoms with Crippen molar-refractivity contribution in [2.75, 3.05) is 44.8 Å². The standard InChI is InChI=1S/C30H35N5O3/c1-6-38-26-13-8-7-12-24(26)33-14-16-34(17-15-33)29(36)23-19-25(21-10-9-11-22(18-21)37-5)35-28(31-23)20-27(32-35)30(2,3)4/h7-13,18-20H,6,14-17H2,1-5H3. The Kier molecular flexibility index (Phi) is 6.97. The van der Waals surface area contributed by atoms with Crippen LogP contribution in [0, 0.1) is 0 Å². The number of para-hydroxylation sites is 2. The fourth-order valence-corrected chi connectivity index (χ4v) is 4.75. The minimum Gasteiger partial charge on any atom is -0.497 e. The fraction of sp³-hybridized carbons (Fsp3) is 0.367. The molecule has 0 aliphatic carbocycles. The molecular formula is C30H35N5O3. The summed E-state index contributed by atoms with van der Waals surface area (Å²) in [5.41, 5.74) is 4.61. The average Bonchev–Trinajstić information content (AvgIpc) is 3.38. The van der Waals surface area contributed by atoms with Gasteiger partial charge in [-0.15, -0.1) is 0 Å². The molecule has 3 heterocycles. The van der Waals surface area contributed by atoms with Crippen LogP contribution in [-0.2, 0) is 5.41 Å². The summed E-state index contributed by atoms with van der Waals surface area (Å²) in [5, 5.41) is 4.87. The van der Waals surface area contributed by atoms with Crippen molar-refractivity contribution < 1.29 is 14.3 Å². The molecule has 8 heteroatoms. The van der Waals surface area contributed by atoms with E-state index in [0.29, 0.717) is 31.0 Å². The lowest BCUT2D eigenvalue weighted by Crippen LogP contribution is -2.49. The van der Waals surface area contributed by atoms with Gasteiger partial charge in [-0.25, -0.2) is 9.50 Å². The number of amides is 1. The van der Waals surface area contributed by atoms with E-state index >= 15 is 0 Å². The Morgan fingerprint density at radius 1 is 0.974 bits per heavy atom. The summed E-state index contributed by atoms with van der Waals surface area (Å²) in [5.74, 6) is 1.54. The molecule has 1 fully saturated rings. The molecule has 38 heavy (non-hydrogen) atoms. The van der Waals surface area contributed by atoms with E-state index < -0.39 is 0 Å². The Bertz CT molecular complexity index is 1450. The van der Waals surface area contributed by atoms with E-state index in [-0.39, 0.29) is 11.3 Å². The first kappa shape index (κ1) is 25.6. The lowest BCUT2D eigenvalue weighted by atomic mass is 9.93. The van der Waals surface area contributed by atoms with Crippen LogP contribution < -0.4 is 14.4 Å². The summed E-state index contributed by atoms with van der Waals surface area (Å²) in [7, 11) is 1.65. The molecule has 8 nitrogen and oxygen atoms in total. The van der Waals surface area contributed by atoms with Gasteiger partial charge in [-0.05, 0) is 37.3 Å². The maximum Gasteiger partial charge on any atom is 0.272 e. The summed E-state index contributed by atoms with van der Waals surface area (Å²) >= 11 is 0. The highest BCUT2D eigenvalue weighted by molar-refractivity contribution is 5.94. The fourth-order valence-electron chi connectivity index (χ4n) is 4.75. The molecule has 0 bridgehead atoms. The predicted octanol–water partition coefficient (Wildman–Crippen LogP) is 5.06. The van der Waals surface area contributed by atoms with Gasteiger partial charge in [-0.3, -0.25) is 4.79 Å². The van der Waals surface area contributed by atoms with Crippen LogP contribution in [0.15, 0.2) is 60.7 Å². The highest BCUT2D eigenvalue weighted by Gasteiger charge is 2.27. The second-order valence-corrected chi connectivity index (χ2v) is 10.5. The number of hydrogen-bond donors (Lipinski definition) is 0. The molecule has 0 spiro atoms. The highest BCUT2D eigenvalue weighted by Crippen LogP contribution is 2.30. The molecule has 2 aromatic carbocycles. The van der Waals surface area contributed by atoms with Crippen molar-refractivity contribution in [3.05, 3.63) is 72.1 Å². The normalized spacial score (nSPS) is 14.1. The van der Waals surface area contributed by atoms with Gasteiger partial charge in [0.15, 0.2) is 5.65 Å². The van der Waals surface area contributed by atoms with E-state index in [1.807, 2.05) is 70.9 Å². The first-order valence-corrected chi connectivity index (χ1v) is 13.1. The van der Waals surface area contributed by atoms with Crippen LogP contribution in [0.4, 0.5) is 5.69 Å². The topological polar surface area (TPSA) is 72.2 Å². The van der Waals surface area contributed by atoms with Crippen LogP contribution in [0.5, 0.6) is 11.5 Å². The third kappa shape index (κ3) is 5.03. The van der Waals surface area contributed by atoms with Crippen LogP contribution in [0.25, 0.3) is 16.9 Å². The van der Waals surface area contributed by atoms with Crippen molar-refractivity contribution in [1.29, 1.82) is 0 Å². The van der Waals surface area contributed by atoms with Gasteiger partial charge >= 0.3 is 0 Å². The number of carbonyl (C=O) groups is 1. The molecule has 0 N–H and O–H groups in total.